The zero-order valence-electron chi connectivity index (χ0n) is 11.7. The summed E-state index contributed by atoms with van der Waals surface area (Å²) < 4.78 is 13.6. The number of hydrogen-bond acceptors (Lipinski definition) is 5. The number of para-hydroxylation sites is 1. The van der Waals surface area contributed by atoms with Crippen molar-refractivity contribution < 1.29 is 4.39 Å². The minimum atomic E-state index is -0.250. The average Bonchev–Trinajstić information content (AvgIpc) is 2.55. The van der Waals surface area contributed by atoms with Crippen LogP contribution >= 0.6 is 0 Å². The third kappa shape index (κ3) is 3.54. The Morgan fingerprint density at radius 1 is 0.955 bits per heavy atom. The molecule has 3 rings (SSSR count). The van der Waals surface area contributed by atoms with Gasteiger partial charge in [-0.05, 0) is 18.2 Å². The fraction of sp³-hybridized carbons (Fsp3) is 0.0625. The van der Waals surface area contributed by atoms with Crippen LogP contribution in [0.5, 0.6) is 0 Å². The van der Waals surface area contributed by atoms with Crippen molar-refractivity contribution in [3.8, 4) is 0 Å². The van der Waals surface area contributed by atoms with Crippen molar-refractivity contribution in [3.63, 3.8) is 0 Å². The van der Waals surface area contributed by atoms with Crippen LogP contribution < -0.4 is 10.6 Å². The van der Waals surface area contributed by atoms with Gasteiger partial charge in [0.05, 0.1) is 6.20 Å². The monoisotopic (exact) mass is 295 g/mol. The van der Waals surface area contributed by atoms with Gasteiger partial charge in [-0.3, -0.25) is 0 Å². The first-order valence-electron chi connectivity index (χ1n) is 6.80. The number of benzene rings is 2. The van der Waals surface area contributed by atoms with Gasteiger partial charge < -0.3 is 10.6 Å². The molecule has 1 aromatic heterocycles. The number of nitrogens with zero attached hydrogens (tertiary/aromatic N) is 3. The molecule has 0 saturated heterocycles. The molecule has 0 fully saturated rings. The molecule has 22 heavy (non-hydrogen) atoms. The summed E-state index contributed by atoms with van der Waals surface area (Å²) >= 11 is 0. The Hall–Kier alpha value is -3.02. The molecule has 0 aliphatic rings. The Balaban J connectivity index is 1.68. The van der Waals surface area contributed by atoms with E-state index >= 15 is 0 Å². The lowest BCUT2D eigenvalue weighted by Crippen LogP contribution is -2.06. The first kappa shape index (κ1) is 13.9. The minimum Gasteiger partial charge on any atom is -0.364 e. The van der Waals surface area contributed by atoms with E-state index in [1.807, 2.05) is 30.3 Å². The average molecular weight is 295 g/mol. The normalized spacial score (nSPS) is 10.2. The Morgan fingerprint density at radius 2 is 1.73 bits per heavy atom. The molecule has 110 valence electrons. The predicted octanol–water partition coefficient (Wildman–Crippen LogP) is 3.37. The van der Waals surface area contributed by atoms with E-state index < -0.39 is 0 Å². The summed E-state index contributed by atoms with van der Waals surface area (Å²) in [4.78, 5) is 4.29. The Morgan fingerprint density at radius 3 is 2.55 bits per heavy atom. The second kappa shape index (κ2) is 6.62. The molecule has 0 saturated carbocycles. The van der Waals surface area contributed by atoms with E-state index in [9.17, 15) is 4.39 Å². The van der Waals surface area contributed by atoms with Gasteiger partial charge in [0.1, 0.15) is 5.82 Å². The zero-order chi connectivity index (χ0) is 15.2. The minimum absolute atomic E-state index is 0.250. The highest BCUT2D eigenvalue weighted by molar-refractivity contribution is 5.53. The standard InChI is InChI=1S/C16H14FN5/c17-14-9-5-4-6-12(14)10-18-15-11-19-22-16(21-15)20-13-7-2-1-3-8-13/h1-9,11H,10H2,(H2,18,20,21,22). The molecule has 0 bridgehead atoms. The van der Waals surface area contributed by atoms with Crippen LogP contribution in [0.3, 0.4) is 0 Å². The molecular weight excluding hydrogens is 281 g/mol. The summed E-state index contributed by atoms with van der Waals surface area (Å²) in [6, 6.07) is 16.2. The molecule has 2 aromatic carbocycles. The summed E-state index contributed by atoms with van der Waals surface area (Å²) in [6.45, 7) is 0.330. The van der Waals surface area contributed by atoms with Crippen LogP contribution in [0.1, 0.15) is 5.56 Å². The van der Waals surface area contributed by atoms with Gasteiger partial charge >= 0.3 is 0 Å². The van der Waals surface area contributed by atoms with Crippen LogP contribution in [0, 0.1) is 5.82 Å². The van der Waals surface area contributed by atoms with E-state index in [-0.39, 0.29) is 5.82 Å². The molecule has 0 unspecified atom stereocenters. The molecule has 1 heterocycles. The molecule has 5 nitrogen and oxygen atoms in total. The summed E-state index contributed by atoms with van der Waals surface area (Å²) in [5, 5.41) is 13.9. The molecule has 0 amide bonds. The van der Waals surface area contributed by atoms with Crippen LogP contribution in [0.25, 0.3) is 0 Å². The number of halogens is 1. The number of hydrogen-bond donors (Lipinski definition) is 2. The highest BCUT2D eigenvalue weighted by atomic mass is 19.1. The fourth-order valence-electron chi connectivity index (χ4n) is 1.92. The van der Waals surface area contributed by atoms with Gasteiger partial charge in [-0.25, -0.2) is 4.39 Å². The fourth-order valence-corrected chi connectivity index (χ4v) is 1.92. The highest BCUT2D eigenvalue weighted by Gasteiger charge is 2.03. The first-order chi connectivity index (χ1) is 10.8. The van der Waals surface area contributed by atoms with E-state index in [0.29, 0.717) is 23.9 Å². The summed E-state index contributed by atoms with van der Waals surface area (Å²) in [5.74, 6) is 0.654. The molecule has 0 radical (unpaired) electrons. The van der Waals surface area contributed by atoms with E-state index in [4.69, 9.17) is 0 Å². The number of anilines is 3. The number of rotatable bonds is 5. The van der Waals surface area contributed by atoms with Crippen molar-refractivity contribution in [2.45, 2.75) is 6.54 Å². The van der Waals surface area contributed by atoms with Crippen molar-refractivity contribution >= 4 is 17.5 Å². The van der Waals surface area contributed by atoms with Crippen molar-refractivity contribution in [1.82, 2.24) is 15.2 Å². The van der Waals surface area contributed by atoms with Crippen LogP contribution in [-0.4, -0.2) is 15.2 Å². The lowest BCUT2D eigenvalue weighted by Gasteiger charge is -2.08. The SMILES string of the molecule is Fc1ccccc1CNc1cnnc(Nc2ccccc2)n1. The molecule has 3 aromatic rings. The van der Waals surface area contributed by atoms with E-state index in [2.05, 4.69) is 25.8 Å². The molecule has 0 aliphatic carbocycles. The second-order valence-electron chi connectivity index (χ2n) is 4.60. The van der Waals surface area contributed by atoms with Gasteiger partial charge in [-0.2, -0.15) is 10.1 Å². The van der Waals surface area contributed by atoms with Crippen molar-refractivity contribution in [3.05, 3.63) is 72.2 Å². The topological polar surface area (TPSA) is 62.7 Å². The number of nitrogens with one attached hydrogen (secondary N) is 2. The summed E-state index contributed by atoms with van der Waals surface area (Å²) in [7, 11) is 0. The largest absolute Gasteiger partial charge is 0.364 e. The maximum absolute atomic E-state index is 13.6. The highest BCUT2D eigenvalue weighted by Crippen LogP contribution is 2.13. The van der Waals surface area contributed by atoms with Crippen LogP contribution in [-0.2, 0) is 6.54 Å². The summed E-state index contributed by atoms with van der Waals surface area (Å²) in [5.41, 5.74) is 1.44. The molecular formula is C16H14FN5. The van der Waals surface area contributed by atoms with E-state index in [0.717, 1.165) is 5.69 Å². The van der Waals surface area contributed by atoms with Crippen LogP contribution in [0.4, 0.5) is 21.8 Å². The van der Waals surface area contributed by atoms with Crippen LogP contribution in [0.15, 0.2) is 60.8 Å². The predicted molar refractivity (Wildman–Crippen MR) is 83.3 cm³/mol. The molecule has 0 atom stereocenters. The van der Waals surface area contributed by atoms with Crippen molar-refractivity contribution in [1.29, 1.82) is 0 Å². The Labute approximate surface area is 127 Å². The molecule has 6 heteroatoms. The van der Waals surface area contributed by atoms with Gasteiger partial charge in [-0.1, -0.05) is 36.4 Å². The Kier molecular flexibility index (Phi) is 4.20. The molecule has 0 aliphatic heterocycles. The summed E-state index contributed by atoms with van der Waals surface area (Å²) in [6.07, 6.45) is 1.50. The maximum atomic E-state index is 13.6. The van der Waals surface area contributed by atoms with Crippen LogP contribution in [0.2, 0.25) is 0 Å². The smallest absolute Gasteiger partial charge is 0.249 e. The molecule has 2 N–H and O–H groups in total. The van der Waals surface area contributed by atoms with Gasteiger partial charge in [-0.15, -0.1) is 5.10 Å². The van der Waals surface area contributed by atoms with Gasteiger partial charge in [0.2, 0.25) is 5.95 Å². The third-order valence-corrected chi connectivity index (χ3v) is 3.01. The zero-order valence-corrected chi connectivity index (χ0v) is 11.7. The second-order valence-corrected chi connectivity index (χ2v) is 4.60. The van der Waals surface area contributed by atoms with Gasteiger partial charge in [0, 0.05) is 17.8 Å². The Bertz CT molecular complexity index is 748. The lowest BCUT2D eigenvalue weighted by molar-refractivity contribution is 0.613. The number of aromatic nitrogens is 3. The van der Waals surface area contributed by atoms with Crippen molar-refractivity contribution in [2.24, 2.45) is 0 Å². The van der Waals surface area contributed by atoms with Crippen molar-refractivity contribution in [2.75, 3.05) is 10.6 Å². The van der Waals surface area contributed by atoms with E-state index in [1.165, 1.54) is 12.3 Å². The van der Waals surface area contributed by atoms with Gasteiger partial charge in [0.15, 0.2) is 5.82 Å². The van der Waals surface area contributed by atoms with Gasteiger partial charge in [0.25, 0.3) is 0 Å². The molecule has 0 spiro atoms. The lowest BCUT2D eigenvalue weighted by atomic mass is 10.2. The first-order valence-corrected chi connectivity index (χ1v) is 6.80. The third-order valence-electron chi connectivity index (χ3n) is 3.01. The van der Waals surface area contributed by atoms with E-state index in [1.54, 1.807) is 18.2 Å². The quantitative estimate of drug-likeness (QED) is 0.755. The maximum Gasteiger partial charge on any atom is 0.249 e.